The lowest BCUT2D eigenvalue weighted by molar-refractivity contribution is 0.0953. The number of benzene rings is 4. The Labute approximate surface area is 261 Å². The quantitative estimate of drug-likeness (QED) is 0.188. The molecular formula is C34H26N5O6S-. The Kier molecular flexibility index (Phi) is 6.25. The molecule has 1 amide bonds. The number of pyridine rings is 1. The summed E-state index contributed by atoms with van der Waals surface area (Å²) in [5, 5.41) is 5.60. The van der Waals surface area contributed by atoms with Crippen LogP contribution in [0.25, 0.3) is 60.6 Å². The highest BCUT2D eigenvalue weighted by atomic mass is 32.2. The second-order valence-corrected chi connectivity index (χ2v) is 13.3. The third-order valence-electron chi connectivity index (χ3n) is 8.87. The van der Waals surface area contributed by atoms with Crippen molar-refractivity contribution in [3.05, 3.63) is 87.7 Å². The standard InChI is InChI=1S/C34H27N5O6S/c1-2-3-4-28(40)18-6-11-25-27(15-18)39-32(37-25)22-8-5-20-17-38-26-16-19(33(41)35-13-14-46(43,44)45)7-12-24(26)36-31(38)21-9-10-23(34(39)42)30(22)29(20)21/h5-12,15-16H,2-4,13-14,17H2,1H3,(H,35,41)(H,43,44,45)/p-1. The van der Waals surface area contributed by atoms with Crippen LogP contribution in [0.2, 0.25) is 0 Å². The first-order valence-corrected chi connectivity index (χ1v) is 16.6. The smallest absolute Gasteiger partial charge is 0.264 e. The maximum Gasteiger partial charge on any atom is 0.264 e. The van der Waals surface area contributed by atoms with Crippen LogP contribution in [0.4, 0.5) is 0 Å². The third-order valence-corrected chi connectivity index (χ3v) is 9.58. The van der Waals surface area contributed by atoms with Gasteiger partial charge in [0, 0.05) is 45.8 Å². The van der Waals surface area contributed by atoms with Gasteiger partial charge in [-0.2, -0.15) is 0 Å². The first-order valence-electron chi connectivity index (χ1n) is 15.0. The van der Waals surface area contributed by atoms with Crippen LogP contribution in [-0.2, 0) is 16.7 Å². The summed E-state index contributed by atoms with van der Waals surface area (Å²) in [6.45, 7) is 2.22. The number of nitrogens with zero attached hydrogens (tertiary/aromatic N) is 4. The molecule has 1 aliphatic rings. The van der Waals surface area contributed by atoms with E-state index in [0.29, 0.717) is 57.5 Å². The van der Waals surface area contributed by atoms with Crippen LogP contribution in [0.15, 0.2) is 65.5 Å². The number of fused-ring (bicyclic) bond motifs is 8. The molecule has 1 aliphatic heterocycles. The van der Waals surface area contributed by atoms with E-state index < -0.39 is 21.8 Å². The number of amides is 1. The van der Waals surface area contributed by atoms with Crippen LogP contribution in [-0.4, -0.2) is 55.9 Å². The fraction of sp³-hybridized carbons (Fsp3) is 0.206. The topological polar surface area (TPSA) is 156 Å². The molecule has 230 valence electrons. The molecule has 3 aromatic heterocycles. The SMILES string of the molecule is CCCCC(=O)c1ccc2nc3c4ccc5c6c(ccc(c(=O)n3c2c1)c64)-c1nc2ccc(C(=O)NCCS(=O)(=O)[O-])cc2n1C5. The predicted octanol–water partition coefficient (Wildman–Crippen LogP) is 4.62. The van der Waals surface area contributed by atoms with Gasteiger partial charge in [0.2, 0.25) is 0 Å². The minimum absolute atomic E-state index is 0.0480. The van der Waals surface area contributed by atoms with Gasteiger partial charge in [-0.05, 0) is 65.9 Å². The Balaban J connectivity index is 1.27. The van der Waals surface area contributed by atoms with Crippen LogP contribution in [0, 0.1) is 0 Å². The zero-order valence-corrected chi connectivity index (χ0v) is 25.5. The average molecular weight is 633 g/mol. The Morgan fingerprint density at radius 1 is 0.913 bits per heavy atom. The summed E-state index contributed by atoms with van der Waals surface area (Å²) < 4.78 is 36.4. The largest absolute Gasteiger partial charge is 0.748 e. The van der Waals surface area contributed by atoms with Crippen LogP contribution < -0.4 is 10.9 Å². The molecule has 8 rings (SSSR count). The monoisotopic (exact) mass is 632 g/mol. The zero-order valence-electron chi connectivity index (χ0n) is 24.7. The number of hydrogen-bond donors (Lipinski definition) is 1. The maximum absolute atomic E-state index is 14.1. The van der Waals surface area contributed by atoms with Crippen molar-refractivity contribution in [2.24, 2.45) is 0 Å². The van der Waals surface area contributed by atoms with Gasteiger partial charge < -0.3 is 14.4 Å². The van der Waals surface area contributed by atoms with Gasteiger partial charge in [-0.25, -0.2) is 18.4 Å². The number of Topliss-reactive ketones (excluding diaryl/α,β-unsaturated/α-hetero) is 1. The van der Waals surface area contributed by atoms with Crippen LogP contribution >= 0.6 is 0 Å². The molecule has 1 N–H and O–H groups in total. The first-order chi connectivity index (χ1) is 22.1. The molecular weight excluding hydrogens is 606 g/mol. The van der Waals surface area contributed by atoms with Gasteiger partial charge in [0.1, 0.15) is 11.5 Å². The van der Waals surface area contributed by atoms with Crippen LogP contribution in [0.3, 0.4) is 0 Å². The van der Waals surface area contributed by atoms with Gasteiger partial charge in [-0.15, -0.1) is 0 Å². The van der Waals surface area contributed by atoms with E-state index in [1.807, 2.05) is 35.8 Å². The maximum atomic E-state index is 14.1. The van der Waals surface area contributed by atoms with E-state index in [1.54, 1.807) is 40.8 Å². The lowest BCUT2D eigenvalue weighted by atomic mass is 9.91. The Morgan fingerprint density at radius 3 is 2.43 bits per heavy atom. The molecule has 11 nitrogen and oxygen atoms in total. The van der Waals surface area contributed by atoms with Crippen molar-refractivity contribution < 1.29 is 22.6 Å². The number of rotatable bonds is 8. The molecule has 0 fully saturated rings. The van der Waals surface area contributed by atoms with Gasteiger partial charge in [-0.3, -0.25) is 18.8 Å². The van der Waals surface area contributed by atoms with E-state index in [2.05, 4.69) is 5.32 Å². The number of nitrogens with one attached hydrogen (secondary N) is 1. The second kappa shape index (κ2) is 10.2. The Bertz CT molecular complexity index is 2620. The molecule has 0 aliphatic carbocycles. The average Bonchev–Trinajstić information content (AvgIpc) is 3.61. The van der Waals surface area contributed by atoms with E-state index in [1.165, 1.54) is 0 Å². The summed E-state index contributed by atoms with van der Waals surface area (Å²) in [4.78, 5) is 49.4. The fourth-order valence-electron chi connectivity index (χ4n) is 6.68. The highest BCUT2D eigenvalue weighted by molar-refractivity contribution is 7.85. The number of carbonyl (C=O) groups is 2. The van der Waals surface area contributed by atoms with Gasteiger partial charge in [0.15, 0.2) is 5.78 Å². The summed E-state index contributed by atoms with van der Waals surface area (Å²) in [6.07, 6.45) is 2.19. The molecule has 0 bridgehead atoms. The predicted molar refractivity (Wildman–Crippen MR) is 174 cm³/mol. The van der Waals surface area contributed by atoms with E-state index in [4.69, 9.17) is 9.97 Å². The number of imidazole rings is 2. The molecule has 7 aromatic rings. The normalized spacial score (nSPS) is 12.9. The molecule has 12 heteroatoms. The molecule has 0 spiro atoms. The minimum atomic E-state index is -4.44. The number of unbranched alkanes of at least 4 members (excludes halogenated alkanes) is 1. The van der Waals surface area contributed by atoms with Crippen molar-refractivity contribution in [2.45, 2.75) is 32.7 Å². The number of hydrogen-bond acceptors (Lipinski definition) is 8. The Morgan fingerprint density at radius 2 is 1.65 bits per heavy atom. The molecule has 0 radical (unpaired) electrons. The molecule has 4 heterocycles. The first kappa shape index (κ1) is 28.3. The number of carbonyl (C=O) groups excluding carboxylic acids is 2. The highest BCUT2D eigenvalue weighted by Crippen LogP contribution is 2.42. The molecule has 0 unspecified atom stereocenters. The van der Waals surface area contributed by atoms with Gasteiger partial charge in [-0.1, -0.05) is 25.5 Å². The van der Waals surface area contributed by atoms with Crippen LogP contribution in [0.1, 0.15) is 52.5 Å². The zero-order chi connectivity index (χ0) is 31.9. The van der Waals surface area contributed by atoms with Crippen molar-refractivity contribution in [3.8, 4) is 11.4 Å². The minimum Gasteiger partial charge on any atom is -0.748 e. The van der Waals surface area contributed by atoms with Gasteiger partial charge in [0.25, 0.3) is 11.5 Å². The molecule has 4 aromatic carbocycles. The summed E-state index contributed by atoms with van der Waals surface area (Å²) in [5.41, 5.74) is 5.71. The summed E-state index contributed by atoms with van der Waals surface area (Å²) in [7, 11) is -4.44. The lowest BCUT2D eigenvalue weighted by Gasteiger charge is -2.21. The summed E-state index contributed by atoms with van der Waals surface area (Å²) >= 11 is 0. The molecule has 0 atom stereocenters. The van der Waals surface area contributed by atoms with E-state index >= 15 is 0 Å². The third kappa shape index (κ3) is 4.28. The summed E-state index contributed by atoms with van der Waals surface area (Å²) in [6, 6.07) is 18.1. The van der Waals surface area contributed by atoms with E-state index in [-0.39, 0.29) is 17.9 Å². The van der Waals surface area contributed by atoms with Crippen molar-refractivity contribution in [3.63, 3.8) is 0 Å². The van der Waals surface area contributed by atoms with Crippen molar-refractivity contribution in [1.29, 1.82) is 0 Å². The van der Waals surface area contributed by atoms with Crippen molar-refractivity contribution >= 4 is 71.1 Å². The van der Waals surface area contributed by atoms with Crippen molar-refractivity contribution in [1.82, 2.24) is 24.3 Å². The molecule has 46 heavy (non-hydrogen) atoms. The van der Waals surface area contributed by atoms with Crippen LogP contribution in [0.5, 0.6) is 0 Å². The van der Waals surface area contributed by atoms with E-state index in [0.717, 1.165) is 45.6 Å². The highest BCUT2D eigenvalue weighted by Gasteiger charge is 2.26. The van der Waals surface area contributed by atoms with E-state index in [9.17, 15) is 27.4 Å². The molecule has 0 saturated heterocycles. The van der Waals surface area contributed by atoms with Crippen molar-refractivity contribution in [2.75, 3.05) is 12.3 Å². The Hall–Kier alpha value is -5.20. The number of ketones is 1. The molecule has 0 saturated carbocycles. The van der Waals surface area contributed by atoms with Gasteiger partial charge >= 0.3 is 0 Å². The summed E-state index contributed by atoms with van der Waals surface area (Å²) in [5.74, 6) is -0.434. The lowest BCUT2D eigenvalue weighted by Crippen LogP contribution is -2.28. The second-order valence-electron chi connectivity index (χ2n) is 11.7. The fourth-order valence-corrected chi connectivity index (χ4v) is 7.03. The number of aromatic nitrogens is 4. The van der Waals surface area contributed by atoms with Gasteiger partial charge in [0.05, 0.1) is 44.5 Å².